The van der Waals surface area contributed by atoms with Gasteiger partial charge in [0.25, 0.3) is 0 Å². The monoisotopic (exact) mass is 254 g/mol. The Morgan fingerprint density at radius 2 is 1.50 bits per heavy atom. The van der Waals surface area contributed by atoms with Crippen LogP contribution >= 0.6 is 11.6 Å². The first-order valence-corrected chi connectivity index (χ1v) is 6.02. The standard InChI is InChI=1S/C11H23ClO4/c1-13-6-7-16-9-8-15-5-3-4-11(12)10-14-2/h11H,3-10H2,1-2H3. The Kier molecular flexibility index (Phi) is 13.3. The van der Waals surface area contributed by atoms with Crippen LogP contribution in [-0.4, -0.2) is 59.2 Å². The van der Waals surface area contributed by atoms with Gasteiger partial charge in [-0.2, -0.15) is 0 Å². The number of rotatable bonds is 12. The van der Waals surface area contributed by atoms with Crippen LogP contribution in [0, 0.1) is 0 Å². The van der Waals surface area contributed by atoms with Gasteiger partial charge < -0.3 is 18.9 Å². The molecule has 0 aromatic carbocycles. The zero-order valence-electron chi connectivity index (χ0n) is 10.2. The Bertz CT molecular complexity index is 135. The quantitative estimate of drug-likeness (QED) is 0.392. The van der Waals surface area contributed by atoms with Crippen LogP contribution in [0.4, 0.5) is 0 Å². The molecule has 16 heavy (non-hydrogen) atoms. The Morgan fingerprint density at radius 3 is 2.12 bits per heavy atom. The van der Waals surface area contributed by atoms with Crippen molar-refractivity contribution in [1.29, 1.82) is 0 Å². The molecule has 4 nitrogen and oxygen atoms in total. The first kappa shape index (κ1) is 16.1. The Hall–Kier alpha value is 0.130. The van der Waals surface area contributed by atoms with Gasteiger partial charge in [0, 0.05) is 20.8 Å². The van der Waals surface area contributed by atoms with Crippen LogP contribution in [0.3, 0.4) is 0 Å². The molecule has 0 saturated heterocycles. The molecule has 98 valence electrons. The van der Waals surface area contributed by atoms with Crippen molar-refractivity contribution in [3.63, 3.8) is 0 Å². The van der Waals surface area contributed by atoms with Gasteiger partial charge in [0.15, 0.2) is 0 Å². The number of hydrogen-bond acceptors (Lipinski definition) is 4. The molecule has 0 N–H and O–H groups in total. The number of halogens is 1. The minimum Gasteiger partial charge on any atom is -0.383 e. The summed E-state index contributed by atoms with van der Waals surface area (Å²) >= 11 is 5.96. The molecule has 0 aromatic rings. The summed E-state index contributed by atoms with van der Waals surface area (Å²) in [6.45, 7) is 3.82. The van der Waals surface area contributed by atoms with E-state index in [1.54, 1.807) is 14.2 Å². The van der Waals surface area contributed by atoms with E-state index in [9.17, 15) is 0 Å². The SMILES string of the molecule is COCCOCCOCCCC(Cl)COC. The van der Waals surface area contributed by atoms with Crippen molar-refractivity contribution < 1.29 is 18.9 Å². The first-order valence-electron chi connectivity index (χ1n) is 5.58. The van der Waals surface area contributed by atoms with Crippen molar-refractivity contribution >= 4 is 11.6 Å². The van der Waals surface area contributed by atoms with E-state index in [4.69, 9.17) is 30.5 Å². The molecule has 0 saturated carbocycles. The molecule has 0 fully saturated rings. The molecule has 0 amide bonds. The minimum atomic E-state index is 0.0894. The number of methoxy groups -OCH3 is 2. The summed E-state index contributed by atoms with van der Waals surface area (Å²) in [6, 6.07) is 0. The van der Waals surface area contributed by atoms with Gasteiger partial charge in [0.1, 0.15) is 0 Å². The van der Waals surface area contributed by atoms with Crippen molar-refractivity contribution in [2.24, 2.45) is 0 Å². The average Bonchev–Trinajstić information content (AvgIpc) is 2.27. The molecule has 0 aliphatic heterocycles. The van der Waals surface area contributed by atoms with E-state index in [0.717, 1.165) is 19.4 Å². The molecule has 0 heterocycles. The fourth-order valence-electron chi connectivity index (χ4n) is 1.14. The highest BCUT2D eigenvalue weighted by molar-refractivity contribution is 6.20. The molecule has 0 aromatic heterocycles. The average molecular weight is 255 g/mol. The van der Waals surface area contributed by atoms with Crippen molar-refractivity contribution in [1.82, 2.24) is 0 Å². The van der Waals surface area contributed by atoms with Crippen LogP contribution < -0.4 is 0 Å². The molecular formula is C11H23ClO4. The molecule has 0 aliphatic rings. The zero-order valence-corrected chi connectivity index (χ0v) is 11.0. The first-order chi connectivity index (χ1) is 7.81. The predicted molar refractivity (Wildman–Crippen MR) is 64.3 cm³/mol. The zero-order chi connectivity index (χ0) is 12.1. The fraction of sp³-hybridized carbons (Fsp3) is 1.00. The molecule has 0 spiro atoms. The lowest BCUT2D eigenvalue weighted by molar-refractivity contribution is 0.0238. The minimum absolute atomic E-state index is 0.0894. The van der Waals surface area contributed by atoms with E-state index in [0.29, 0.717) is 33.0 Å². The summed E-state index contributed by atoms with van der Waals surface area (Å²) in [6.07, 6.45) is 1.87. The van der Waals surface area contributed by atoms with Crippen LogP contribution in [0.1, 0.15) is 12.8 Å². The van der Waals surface area contributed by atoms with Gasteiger partial charge in [-0.25, -0.2) is 0 Å². The van der Waals surface area contributed by atoms with Crippen LogP contribution in [0.5, 0.6) is 0 Å². The molecule has 0 rings (SSSR count). The predicted octanol–water partition coefficient (Wildman–Crippen LogP) is 1.70. The summed E-state index contributed by atoms with van der Waals surface area (Å²) in [5, 5.41) is 0.0894. The lowest BCUT2D eigenvalue weighted by Crippen LogP contribution is -2.11. The summed E-state index contributed by atoms with van der Waals surface area (Å²) in [4.78, 5) is 0. The fourth-order valence-corrected chi connectivity index (χ4v) is 1.42. The third-order valence-corrected chi connectivity index (χ3v) is 2.30. The van der Waals surface area contributed by atoms with Gasteiger partial charge in [-0.15, -0.1) is 11.6 Å². The Morgan fingerprint density at radius 1 is 0.875 bits per heavy atom. The maximum Gasteiger partial charge on any atom is 0.0701 e. The lowest BCUT2D eigenvalue weighted by Gasteiger charge is -2.08. The van der Waals surface area contributed by atoms with E-state index < -0.39 is 0 Å². The highest BCUT2D eigenvalue weighted by Gasteiger charge is 2.02. The molecule has 0 radical (unpaired) electrons. The van der Waals surface area contributed by atoms with Crippen LogP contribution in [0.25, 0.3) is 0 Å². The summed E-state index contributed by atoms with van der Waals surface area (Å²) < 4.78 is 20.4. The molecular weight excluding hydrogens is 232 g/mol. The van der Waals surface area contributed by atoms with Gasteiger partial charge in [-0.1, -0.05) is 0 Å². The van der Waals surface area contributed by atoms with Crippen LogP contribution in [0.15, 0.2) is 0 Å². The van der Waals surface area contributed by atoms with E-state index in [1.165, 1.54) is 0 Å². The van der Waals surface area contributed by atoms with Crippen molar-refractivity contribution in [2.45, 2.75) is 18.2 Å². The third-order valence-electron chi connectivity index (χ3n) is 1.96. The van der Waals surface area contributed by atoms with E-state index in [1.807, 2.05) is 0 Å². The van der Waals surface area contributed by atoms with Gasteiger partial charge in [-0.3, -0.25) is 0 Å². The molecule has 0 bridgehead atoms. The second-order valence-corrected chi connectivity index (χ2v) is 4.03. The van der Waals surface area contributed by atoms with Crippen LogP contribution in [0.2, 0.25) is 0 Å². The molecule has 0 aliphatic carbocycles. The second kappa shape index (κ2) is 13.2. The van der Waals surface area contributed by atoms with Crippen molar-refractivity contribution in [3.05, 3.63) is 0 Å². The Labute approximate surface area is 103 Å². The molecule has 1 unspecified atom stereocenters. The largest absolute Gasteiger partial charge is 0.383 e. The smallest absolute Gasteiger partial charge is 0.0701 e. The second-order valence-electron chi connectivity index (χ2n) is 3.41. The molecule has 1 atom stereocenters. The lowest BCUT2D eigenvalue weighted by atomic mass is 10.2. The summed E-state index contributed by atoms with van der Waals surface area (Å²) in [5.74, 6) is 0. The number of hydrogen-bond donors (Lipinski definition) is 0. The van der Waals surface area contributed by atoms with Gasteiger partial charge in [0.2, 0.25) is 0 Å². The van der Waals surface area contributed by atoms with E-state index >= 15 is 0 Å². The highest BCUT2D eigenvalue weighted by atomic mass is 35.5. The van der Waals surface area contributed by atoms with Crippen molar-refractivity contribution in [3.8, 4) is 0 Å². The number of ether oxygens (including phenoxy) is 4. The van der Waals surface area contributed by atoms with E-state index in [2.05, 4.69) is 0 Å². The van der Waals surface area contributed by atoms with Crippen LogP contribution in [-0.2, 0) is 18.9 Å². The normalized spacial score (nSPS) is 12.9. The number of alkyl halides is 1. The molecule has 5 heteroatoms. The van der Waals surface area contributed by atoms with Crippen molar-refractivity contribution in [2.75, 3.05) is 53.9 Å². The maximum atomic E-state index is 5.96. The maximum absolute atomic E-state index is 5.96. The van der Waals surface area contributed by atoms with E-state index in [-0.39, 0.29) is 5.38 Å². The van der Waals surface area contributed by atoms with Gasteiger partial charge in [0.05, 0.1) is 38.4 Å². The summed E-state index contributed by atoms with van der Waals surface area (Å²) in [7, 11) is 3.31. The topological polar surface area (TPSA) is 36.9 Å². The highest BCUT2D eigenvalue weighted by Crippen LogP contribution is 2.05. The summed E-state index contributed by atoms with van der Waals surface area (Å²) in [5.41, 5.74) is 0. The van der Waals surface area contributed by atoms with Gasteiger partial charge >= 0.3 is 0 Å². The third kappa shape index (κ3) is 12.2. The van der Waals surface area contributed by atoms with Gasteiger partial charge in [-0.05, 0) is 12.8 Å². The Balaban J connectivity index is 2.98.